The summed E-state index contributed by atoms with van der Waals surface area (Å²) in [5, 5.41) is 20.7. The molecule has 1 aliphatic heterocycles. The number of hydrogen-bond acceptors (Lipinski definition) is 7. The van der Waals surface area contributed by atoms with Crippen LogP contribution in [0.15, 0.2) is 47.2 Å². The number of aromatic nitrogens is 4. The van der Waals surface area contributed by atoms with Gasteiger partial charge in [0.1, 0.15) is 11.6 Å². The average molecular weight is 422 g/mol. The van der Waals surface area contributed by atoms with Crippen molar-refractivity contribution in [3.05, 3.63) is 58.3 Å². The number of thiophene rings is 1. The summed E-state index contributed by atoms with van der Waals surface area (Å²) in [6, 6.07) is 12.2. The first-order valence-corrected chi connectivity index (χ1v) is 11.0. The van der Waals surface area contributed by atoms with Crippen LogP contribution in [0.4, 0.5) is 5.82 Å². The first-order valence-electron chi connectivity index (χ1n) is 10.1. The number of fused-ring (bicyclic) bond motifs is 1. The maximum Gasteiger partial charge on any atom is 0.186 e. The van der Waals surface area contributed by atoms with Crippen LogP contribution in [0.3, 0.4) is 0 Å². The molecule has 1 atom stereocenters. The molecule has 8 heteroatoms. The van der Waals surface area contributed by atoms with Gasteiger partial charge in [-0.3, -0.25) is 0 Å². The Kier molecular flexibility index (Phi) is 5.33. The Bertz CT molecular complexity index is 1140. The van der Waals surface area contributed by atoms with Gasteiger partial charge in [-0.25, -0.2) is 0 Å². The van der Waals surface area contributed by atoms with Crippen molar-refractivity contribution in [2.24, 2.45) is 5.92 Å². The van der Waals surface area contributed by atoms with E-state index in [1.165, 1.54) is 5.56 Å². The largest absolute Gasteiger partial charge is 0.493 e. The van der Waals surface area contributed by atoms with E-state index in [1.54, 1.807) is 15.9 Å². The molecule has 0 bridgehead atoms. The monoisotopic (exact) mass is 421 g/mol. The first kappa shape index (κ1) is 19.0. The summed E-state index contributed by atoms with van der Waals surface area (Å²) >= 11 is 1.63. The zero-order valence-corrected chi connectivity index (χ0v) is 17.6. The minimum atomic E-state index is 0.472. The summed E-state index contributed by atoms with van der Waals surface area (Å²) in [6.07, 6.45) is 1.06. The van der Waals surface area contributed by atoms with E-state index in [0.717, 1.165) is 53.8 Å². The van der Waals surface area contributed by atoms with E-state index in [2.05, 4.69) is 40.6 Å². The Hall–Kier alpha value is -2.97. The molecule has 1 unspecified atom stereocenters. The number of benzene rings is 1. The smallest absolute Gasteiger partial charge is 0.186 e. The van der Waals surface area contributed by atoms with Crippen LogP contribution in [-0.2, 0) is 11.3 Å². The summed E-state index contributed by atoms with van der Waals surface area (Å²) in [5.41, 5.74) is 4.02. The lowest BCUT2D eigenvalue weighted by Gasteiger charge is -2.15. The van der Waals surface area contributed by atoms with Gasteiger partial charge in [-0.05, 0) is 48.6 Å². The van der Waals surface area contributed by atoms with Crippen LogP contribution in [0, 0.1) is 12.8 Å². The second-order valence-electron chi connectivity index (χ2n) is 7.53. The Balaban J connectivity index is 1.33. The zero-order valence-electron chi connectivity index (χ0n) is 16.7. The molecule has 0 amide bonds. The Morgan fingerprint density at radius 1 is 1.23 bits per heavy atom. The minimum absolute atomic E-state index is 0.472. The van der Waals surface area contributed by atoms with Crippen LogP contribution in [0.5, 0.6) is 5.75 Å². The Labute approximate surface area is 178 Å². The third-order valence-corrected chi connectivity index (χ3v) is 5.91. The van der Waals surface area contributed by atoms with Gasteiger partial charge in [-0.2, -0.15) is 15.9 Å². The molecule has 1 N–H and O–H groups in total. The van der Waals surface area contributed by atoms with Crippen molar-refractivity contribution in [3.8, 4) is 17.1 Å². The van der Waals surface area contributed by atoms with Crippen molar-refractivity contribution in [1.29, 1.82) is 0 Å². The molecular weight excluding hydrogens is 398 g/mol. The molecule has 1 saturated heterocycles. The van der Waals surface area contributed by atoms with Crippen LogP contribution >= 0.6 is 11.3 Å². The number of anilines is 1. The van der Waals surface area contributed by atoms with E-state index < -0.39 is 0 Å². The van der Waals surface area contributed by atoms with Gasteiger partial charge >= 0.3 is 0 Å². The second-order valence-corrected chi connectivity index (χ2v) is 8.31. The van der Waals surface area contributed by atoms with Crippen LogP contribution in [0.25, 0.3) is 17.0 Å². The molecule has 1 aliphatic rings. The number of hydrogen-bond donors (Lipinski definition) is 1. The fourth-order valence-corrected chi connectivity index (χ4v) is 4.14. The predicted molar refractivity (Wildman–Crippen MR) is 117 cm³/mol. The fraction of sp³-hybridized carbons (Fsp3) is 0.318. The van der Waals surface area contributed by atoms with Crippen molar-refractivity contribution >= 4 is 22.8 Å². The third kappa shape index (κ3) is 4.01. The molecule has 0 spiro atoms. The first-order chi connectivity index (χ1) is 14.8. The lowest BCUT2D eigenvalue weighted by molar-refractivity contribution is 0.167. The lowest BCUT2D eigenvalue weighted by atomic mass is 10.1. The van der Waals surface area contributed by atoms with Crippen LogP contribution in [0.2, 0.25) is 0 Å². The molecule has 30 heavy (non-hydrogen) atoms. The number of rotatable bonds is 7. The van der Waals surface area contributed by atoms with E-state index in [-0.39, 0.29) is 0 Å². The molecule has 4 heterocycles. The SMILES string of the molecule is Cc1ccc(CNc2ccc3nnc(-c4ccsc4)n3n2)c(OCC2CCOC2)c1. The molecule has 3 aromatic heterocycles. The molecule has 5 rings (SSSR count). The van der Waals surface area contributed by atoms with Gasteiger partial charge < -0.3 is 14.8 Å². The van der Waals surface area contributed by atoms with Crippen molar-refractivity contribution in [3.63, 3.8) is 0 Å². The summed E-state index contributed by atoms with van der Waals surface area (Å²) in [5.74, 6) is 2.89. The molecule has 0 aliphatic carbocycles. The van der Waals surface area contributed by atoms with Crippen molar-refractivity contribution in [2.75, 3.05) is 25.1 Å². The van der Waals surface area contributed by atoms with Gasteiger partial charge in [0.05, 0.1) is 13.2 Å². The predicted octanol–water partition coefficient (Wildman–Crippen LogP) is 4.19. The molecule has 0 saturated carbocycles. The molecular formula is C22H23N5O2S. The second kappa shape index (κ2) is 8.41. The van der Waals surface area contributed by atoms with Crippen molar-refractivity contribution < 1.29 is 9.47 Å². The van der Waals surface area contributed by atoms with Gasteiger partial charge in [0.15, 0.2) is 11.5 Å². The molecule has 154 valence electrons. The quantitative estimate of drug-likeness (QED) is 0.482. The Morgan fingerprint density at radius 3 is 3.03 bits per heavy atom. The number of aryl methyl sites for hydroxylation is 1. The summed E-state index contributed by atoms with van der Waals surface area (Å²) in [7, 11) is 0. The van der Waals surface area contributed by atoms with Crippen LogP contribution in [0.1, 0.15) is 17.5 Å². The highest BCUT2D eigenvalue weighted by molar-refractivity contribution is 7.08. The summed E-state index contributed by atoms with van der Waals surface area (Å²) < 4.78 is 13.4. The minimum Gasteiger partial charge on any atom is -0.493 e. The van der Waals surface area contributed by atoms with Crippen molar-refractivity contribution in [1.82, 2.24) is 19.8 Å². The fourth-order valence-electron chi connectivity index (χ4n) is 3.51. The van der Waals surface area contributed by atoms with E-state index in [9.17, 15) is 0 Å². The normalized spacial score (nSPS) is 16.2. The molecule has 1 fully saturated rings. The van der Waals surface area contributed by atoms with E-state index in [1.807, 2.05) is 29.0 Å². The average Bonchev–Trinajstić information content (AvgIpc) is 3.52. The van der Waals surface area contributed by atoms with Crippen LogP contribution < -0.4 is 10.1 Å². The molecule has 4 aromatic rings. The maximum atomic E-state index is 6.15. The molecule has 7 nitrogen and oxygen atoms in total. The highest BCUT2D eigenvalue weighted by atomic mass is 32.1. The number of ether oxygens (including phenoxy) is 2. The topological polar surface area (TPSA) is 73.6 Å². The van der Waals surface area contributed by atoms with Crippen LogP contribution in [-0.4, -0.2) is 39.6 Å². The van der Waals surface area contributed by atoms with Gasteiger partial charge in [-0.15, -0.1) is 15.3 Å². The summed E-state index contributed by atoms with van der Waals surface area (Å²) in [6.45, 7) is 5.00. The highest BCUT2D eigenvalue weighted by Crippen LogP contribution is 2.24. The standard InChI is InChI=1S/C22H23N5O2S/c1-15-2-3-17(19(10-15)29-13-16-6-8-28-12-16)11-23-20-4-5-21-24-25-22(27(21)26-20)18-7-9-30-14-18/h2-5,7,9-10,14,16H,6,8,11-13H2,1H3,(H,23,26). The number of nitrogens with zero attached hydrogens (tertiary/aromatic N) is 4. The van der Waals surface area contributed by atoms with E-state index in [4.69, 9.17) is 14.6 Å². The maximum absolute atomic E-state index is 6.15. The number of nitrogens with one attached hydrogen (secondary N) is 1. The van der Waals surface area contributed by atoms with Gasteiger partial charge in [0, 0.05) is 35.6 Å². The van der Waals surface area contributed by atoms with E-state index in [0.29, 0.717) is 19.1 Å². The lowest BCUT2D eigenvalue weighted by Crippen LogP contribution is -2.13. The van der Waals surface area contributed by atoms with Gasteiger partial charge in [-0.1, -0.05) is 12.1 Å². The highest BCUT2D eigenvalue weighted by Gasteiger charge is 2.17. The Morgan fingerprint density at radius 2 is 2.20 bits per heavy atom. The van der Waals surface area contributed by atoms with Gasteiger partial charge in [0.2, 0.25) is 0 Å². The van der Waals surface area contributed by atoms with Crippen molar-refractivity contribution in [2.45, 2.75) is 19.9 Å². The molecule has 1 aromatic carbocycles. The third-order valence-electron chi connectivity index (χ3n) is 5.22. The summed E-state index contributed by atoms with van der Waals surface area (Å²) in [4.78, 5) is 0. The van der Waals surface area contributed by atoms with E-state index >= 15 is 0 Å². The molecule has 0 radical (unpaired) electrons. The zero-order chi connectivity index (χ0) is 20.3. The van der Waals surface area contributed by atoms with Gasteiger partial charge in [0.25, 0.3) is 0 Å².